The van der Waals surface area contributed by atoms with E-state index in [9.17, 15) is 4.79 Å². The van der Waals surface area contributed by atoms with Gasteiger partial charge >= 0.3 is 5.97 Å². The lowest BCUT2D eigenvalue weighted by atomic mass is 10.1. The van der Waals surface area contributed by atoms with Crippen LogP contribution in [0.25, 0.3) is 0 Å². The summed E-state index contributed by atoms with van der Waals surface area (Å²) in [4.78, 5) is 11.6. The highest BCUT2D eigenvalue weighted by Crippen LogP contribution is 2.12. The number of unbranched alkanes of at least 4 members (excludes halogenated alkanes) is 10. The summed E-state index contributed by atoms with van der Waals surface area (Å²) in [5, 5.41) is 9.11. The molecule has 0 bridgehead atoms. The maximum Gasteiger partial charge on any atom is 0.305 e. The summed E-state index contributed by atoms with van der Waals surface area (Å²) >= 11 is 0. The maximum atomic E-state index is 11.6. The van der Waals surface area contributed by atoms with E-state index in [0.29, 0.717) is 6.42 Å². The van der Waals surface area contributed by atoms with E-state index in [0.717, 1.165) is 12.8 Å². The fraction of sp³-hybridized carbons (Fsp3) is 0.950. The van der Waals surface area contributed by atoms with Crippen LogP contribution in [0.1, 0.15) is 97.8 Å². The van der Waals surface area contributed by atoms with E-state index >= 15 is 0 Å². The molecule has 0 spiro atoms. The van der Waals surface area contributed by atoms with Crippen LogP contribution in [0.2, 0.25) is 0 Å². The van der Waals surface area contributed by atoms with Gasteiger partial charge in [0.25, 0.3) is 0 Å². The fourth-order valence-corrected chi connectivity index (χ4v) is 2.57. The lowest BCUT2D eigenvalue weighted by Gasteiger charge is -2.14. The van der Waals surface area contributed by atoms with Crippen LogP contribution < -0.4 is 0 Å². The van der Waals surface area contributed by atoms with E-state index in [1.54, 1.807) is 6.92 Å². The number of carbonyl (C=O) groups is 1. The number of hydrogen-bond acceptors (Lipinski definition) is 4. The van der Waals surface area contributed by atoms with Crippen molar-refractivity contribution in [3.8, 4) is 0 Å². The number of ether oxygens (including phenoxy) is 2. The van der Waals surface area contributed by atoms with Crippen molar-refractivity contribution in [2.75, 3.05) is 13.2 Å². The first-order valence-corrected chi connectivity index (χ1v) is 10.0. The second-order valence-electron chi connectivity index (χ2n) is 6.96. The number of carbonyl (C=O) groups excluding carboxylic acids is 1. The number of rotatable bonds is 17. The zero-order valence-electron chi connectivity index (χ0n) is 16.2. The van der Waals surface area contributed by atoms with Crippen LogP contribution in [0.5, 0.6) is 0 Å². The Kier molecular flexibility index (Phi) is 16.8. The first-order valence-electron chi connectivity index (χ1n) is 10.0. The topological polar surface area (TPSA) is 55.8 Å². The molecule has 0 aromatic rings. The minimum absolute atomic E-state index is 0.140. The summed E-state index contributed by atoms with van der Waals surface area (Å²) in [5.41, 5.74) is 0. The Labute approximate surface area is 149 Å². The van der Waals surface area contributed by atoms with Gasteiger partial charge in [0.1, 0.15) is 6.61 Å². The summed E-state index contributed by atoms with van der Waals surface area (Å²) in [7, 11) is 0. The van der Waals surface area contributed by atoms with Gasteiger partial charge in [-0.05, 0) is 20.3 Å². The molecule has 2 unspecified atom stereocenters. The molecule has 0 aliphatic rings. The van der Waals surface area contributed by atoms with Gasteiger partial charge in [-0.25, -0.2) is 0 Å². The van der Waals surface area contributed by atoms with E-state index in [1.807, 2.05) is 6.92 Å². The zero-order valence-corrected chi connectivity index (χ0v) is 16.2. The second kappa shape index (κ2) is 17.2. The third-order valence-corrected chi connectivity index (χ3v) is 4.09. The van der Waals surface area contributed by atoms with E-state index in [4.69, 9.17) is 14.6 Å². The van der Waals surface area contributed by atoms with Gasteiger partial charge in [-0.1, -0.05) is 71.1 Å². The predicted molar refractivity (Wildman–Crippen MR) is 99.1 cm³/mol. The van der Waals surface area contributed by atoms with Crippen molar-refractivity contribution in [1.82, 2.24) is 0 Å². The van der Waals surface area contributed by atoms with Crippen LogP contribution in [0.4, 0.5) is 0 Å². The molecule has 0 aliphatic carbocycles. The van der Waals surface area contributed by atoms with E-state index in [2.05, 4.69) is 6.92 Å². The van der Waals surface area contributed by atoms with Crippen molar-refractivity contribution in [3.63, 3.8) is 0 Å². The van der Waals surface area contributed by atoms with Crippen molar-refractivity contribution >= 4 is 5.97 Å². The SMILES string of the molecule is CCCCCCCCCCCCCC(=O)OCC(C)OCC(C)O. The molecule has 0 aromatic heterocycles. The van der Waals surface area contributed by atoms with Gasteiger partial charge in [-0.3, -0.25) is 4.79 Å². The average Bonchev–Trinajstić information content (AvgIpc) is 2.56. The fourth-order valence-electron chi connectivity index (χ4n) is 2.57. The summed E-state index contributed by atoms with van der Waals surface area (Å²) in [6, 6.07) is 0. The molecular weight excluding hydrogens is 304 g/mol. The minimum Gasteiger partial charge on any atom is -0.463 e. The molecule has 4 heteroatoms. The van der Waals surface area contributed by atoms with E-state index < -0.39 is 6.10 Å². The van der Waals surface area contributed by atoms with Crippen LogP contribution in [-0.4, -0.2) is 36.5 Å². The Morgan fingerprint density at radius 3 is 1.83 bits per heavy atom. The standard InChI is InChI=1S/C20H40O4/c1-4-5-6-7-8-9-10-11-12-13-14-15-20(22)24-17-19(3)23-16-18(2)21/h18-19,21H,4-17H2,1-3H3. The van der Waals surface area contributed by atoms with E-state index in [1.165, 1.54) is 57.8 Å². The molecule has 0 amide bonds. The minimum atomic E-state index is -0.487. The summed E-state index contributed by atoms with van der Waals surface area (Å²) in [6.45, 7) is 6.31. The molecule has 0 aliphatic heterocycles. The van der Waals surface area contributed by atoms with Gasteiger partial charge < -0.3 is 14.6 Å². The quantitative estimate of drug-likeness (QED) is 0.297. The second-order valence-corrected chi connectivity index (χ2v) is 6.96. The molecule has 0 heterocycles. The van der Waals surface area contributed by atoms with Crippen molar-refractivity contribution in [3.05, 3.63) is 0 Å². The summed E-state index contributed by atoms with van der Waals surface area (Å²) < 4.78 is 10.5. The highest BCUT2D eigenvalue weighted by Gasteiger charge is 2.08. The first kappa shape index (κ1) is 23.4. The lowest BCUT2D eigenvalue weighted by Crippen LogP contribution is -2.23. The Morgan fingerprint density at radius 1 is 0.833 bits per heavy atom. The summed E-state index contributed by atoms with van der Waals surface area (Å²) in [6.07, 6.45) is 13.9. The van der Waals surface area contributed by atoms with Gasteiger partial charge in [0.2, 0.25) is 0 Å². The third kappa shape index (κ3) is 17.7. The number of hydrogen-bond donors (Lipinski definition) is 1. The predicted octanol–water partition coefficient (Wildman–Crippen LogP) is 5.02. The van der Waals surface area contributed by atoms with Gasteiger partial charge in [-0.15, -0.1) is 0 Å². The smallest absolute Gasteiger partial charge is 0.305 e. The van der Waals surface area contributed by atoms with Crippen LogP contribution >= 0.6 is 0 Å². The molecule has 1 N–H and O–H groups in total. The number of esters is 1. The Morgan fingerprint density at radius 2 is 1.33 bits per heavy atom. The van der Waals surface area contributed by atoms with Gasteiger partial charge in [0, 0.05) is 6.42 Å². The van der Waals surface area contributed by atoms with Gasteiger partial charge in [0.05, 0.1) is 18.8 Å². The Hall–Kier alpha value is -0.610. The molecule has 0 radical (unpaired) electrons. The van der Waals surface area contributed by atoms with Crippen molar-refractivity contribution in [2.24, 2.45) is 0 Å². The monoisotopic (exact) mass is 344 g/mol. The first-order chi connectivity index (χ1) is 11.6. The molecule has 24 heavy (non-hydrogen) atoms. The van der Waals surface area contributed by atoms with Crippen LogP contribution in [0.3, 0.4) is 0 Å². The largest absolute Gasteiger partial charge is 0.463 e. The van der Waals surface area contributed by atoms with Gasteiger partial charge in [-0.2, -0.15) is 0 Å². The number of aliphatic hydroxyl groups is 1. The molecular formula is C20H40O4. The number of aliphatic hydroxyl groups excluding tert-OH is 1. The molecule has 0 rings (SSSR count). The average molecular weight is 345 g/mol. The molecule has 4 nitrogen and oxygen atoms in total. The lowest BCUT2D eigenvalue weighted by molar-refractivity contribution is -0.148. The summed E-state index contributed by atoms with van der Waals surface area (Å²) in [5.74, 6) is -0.140. The Balaban J connectivity index is 3.28. The molecule has 144 valence electrons. The molecule has 0 fully saturated rings. The molecule has 2 atom stereocenters. The van der Waals surface area contributed by atoms with Crippen molar-refractivity contribution in [2.45, 2.75) is 110 Å². The van der Waals surface area contributed by atoms with E-state index in [-0.39, 0.29) is 25.3 Å². The molecule has 0 saturated heterocycles. The van der Waals surface area contributed by atoms with Gasteiger partial charge in [0.15, 0.2) is 0 Å². The van der Waals surface area contributed by atoms with Crippen molar-refractivity contribution in [1.29, 1.82) is 0 Å². The Bertz CT molecular complexity index is 279. The van der Waals surface area contributed by atoms with Crippen LogP contribution in [-0.2, 0) is 14.3 Å². The highest BCUT2D eigenvalue weighted by molar-refractivity contribution is 5.69. The molecule has 0 aromatic carbocycles. The van der Waals surface area contributed by atoms with Crippen molar-refractivity contribution < 1.29 is 19.4 Å². The highest BCUT2D eigenvalue weighted by atomic mass is 16.6. The third-order valence-electron chi connectivity index (χ3n) is 4.09. The molecule has 0 saturated carbocycles. The van der Waals surface area contributed by atoms with Crippen LogP contribution in [0.15, 0.2) is 0 Å². The maximum absolute atomic E-state index is 11.6. The zero-order chi connectivity index (χ0) is 18.0. The van der Waals surface area contributed by atoms with Crippen LogP contribution in [0, 0.1) is 0 Å². The normalized spacial score (nSPS) is 13.7.